The lowest BCUT2D eigenvalue weighted by atomic mass is 9.99. The van der Waals surface area contributed by atoms with Crippen molar-refractivity contribution in [3.8, 4) is 0 Å². The molecule has 23 heavy (non-hydrogen) atoms. The van der Waals surface area contributed by atoms with Gasteiger partial charge in [-0.15, -0.1) is 0 Å². The largest absolute Gasteiger partial charge is 0.352 e. The highest BCUT2D eigenvalue weighted by Crippen LogP contribution is 2.13. The Bertz CT molecular complexity index is 582. The summed E-state index contributed by atoms with van der Waals surface area (Å²) in [5, 5.41) is 2.96. The van der Waals surface area contributed by atoms with Crippen molar-refractivity contribution in [2.45, 2.75) is 46.5 Å². The lowest BCUT2D eigenvalue weighted by Gasteiger charge is -2.15. The van der Waals surface area contributed by atoms with Gasteiger partial charge in [0, 0.05) is 17.8 Å². The molecule has 0 radical (unpaired) electrons. The molecule has 130 valence electrons. The Morgan fingerprint density at radius 2 is 1.78 bits per heavy atom. The summed E-state index contributed by atoms with van der Waals surface area (Å²) in [4.78, 5) is 12.1. The van der Waals surface area contributed by atoms with Gasteiger partial charge in [-0.1, -0.05) is 33.1 Å². The average molecular weight is 340 g/mol. The monoisotopic (exact) mass is 340 g/mol. The zero-order valence-corrected chi connectivity index (χ0v) is 15.1. The highest BCUT2D eigenvalue weighted by Gasteiger charge is 2.11. The molecule has 0 unspecified atom stereocenters. The number of carbonyl (C=O) groups is 1. The SMILES string of the molecule is CCCC[C@@H](CC)CNC(=O)c1ccc(NS(=O)(=O)CC)cc1. The fourth-order valence-corrected chi connectivity index (χ4v) is 2.86. The van der Waals surface area contributed by atoms with E-state index in [0.29, 0.717) is 23.7 Å². The van der Waals surface area contributed by atoms with Crippen LogP contribution >= 0.6 is 0 Å². The number of carbonyl (C=O) groups excluding carboxylic acids is 1. The molecule has 0 aliphatic heterocycles. The van der Waals surface area contributed by atoms with Crippen LogP contribution in [-0.2, 0) is 10.0 Å². The molecule has 2 N–H and O–H groups in total. The summed E-state index contributed by atoms with van der Waals surface area (Å²) in [6.45, 7) is 6.56. The average Bonchev–Trinajstić information content (AvgIpc) is 2.55. The van der Waals surface area contributed by atoms with Crippen LogP contribution in [0.2, 0.25) is 0 Å². The van der Waals surface area contributed by atoms with E-state index in [1.165, 1.54) is 12.8 Å². The molecule has 0 spiro atoms. The first-order valence-corrected chi connectivity index (χ1v) is 9.95. The van der Waals surface area contributed by atoms with Gasteiger partial charge in [-0.05, 0) is 43.5 Å². The minimum atomic E-state index is -3.29. The standard InChI is InChI=1S/C17H28N2O3S/c1-4-7-8-14(5-2)13-18-17(20)15-9-11-16(12-10-15)19-23(21,22)6-3/h9-12,14,19H,4-8,13H2,1-3H3,(H,18,20)/t14-/m1/s1. The highest BCUT2D eigenvalue weighted by atomic mass is 32.2. The number of hydrogen-bond donors (Lipinski definition) is 2. The predicted octanol–water partition coefficient (Wildman–Crippen LogP) is 3.39. The molecule has 0 heterocycles. The molecule has 0 saturated heterocycles. The number of anilines is 1. The minimum Gasteiger partial charge on any atom is -0.352 e. The van der Waals surface area contributed by atoms with Gasteiger partial charge in [0.2, 0.25) is 10.0 Å². The van der Waals surface area contributed by atoms with Crippen LogP contribution in [0.5, 0.6) is 0 Å². The smallest absolute Gasteiger partial charge is 0.251 e. The second kappa shape index (κ2) is 9.55. The van der Waals surface area contributed by atoms with Gasteiger partial charge in [-0.2, -0.15) is 0 Å². The lowest BCUT2D eigenvalue weighted by Crippen LogP contribution is -2.29. The van der Waals surface area contributed by atoms with Crippen LogP contribution in [-0.4, -0.2) is 26.6 Å². The zero-order valence-electron chi connectivity index (χ0n) is 14.3. The van der Waals surface area contributed by atoms with Crippen LogP contribution in [0.1, 0.15) is 56.8 Å². The van der Waals surface area contributed by atoms with Gasteiger partial charge >= 0.3 is 0 Å². The van der Waals surface area contributed by atoms with Gasteiger partial charge in [0.15, 0.2) is 0 Å². The van der Waals surface area contributed by atoms with Crippen molar-refractivity contribution in [1.82, 2.24) is 5.32 Å². The maximum absolute atomic E-state index is 12.1. The highest BCUT2D eigenvalue weighted by molar-refractivity contribution is 7.92. The third-order valence-electron chi connectivity index (χ3n) is 3.90. The number of benzene rings is 1. The lowest BCUT2D eigenvalue weighted by molar-refractivity contribution is 0.0946. The molecule has 1 amide bonds. The molecule has 0 saturated carbocycles. The minimum absolute atomic E-state index is 0.0192. The third kappa shape index (κ3) is 7.03. The summed E-state index contributed by atoms with van der Waals surface area (Å²) in [5.74, 6) is 0.408. The van der Waals surface area contributed by atoms with E-state index in [0.717, 1.165) is 12.8 Å². The molecule has 6 heteroatoms. The van der Waals surface area contributed by atoms with Crippen LogP contribution in [0, 0.1) is 5.92 Å². The number of amides is 1. The summed E-state index contributed by atoms with van der Waals surface area (Å²) in [7, 11) is -3.29. The normalized spacial score (nSPS) is 12.7. The number of unbranched alkanes of at least 4 members (excludes halogenated alkanes) is 1. The quantitative estimate of drug-likeness (QED) is 0.685. The van der Waals surface area contributed by atoms with Gasteiger partial charge in [0.1, 0.15) is 0 Å². The molecule has 1 atom stereocenters. The van der Waals surface area contributed by atoms with Crippen molar-refractivity contribution < 1.29 is 13.2 Å². The molecule has 0 fully saturated rings. The maximum Gasteiger partial charge on any atom is 0.251 e. The van der Waals surface area contributed by atoms with Crippen molar-refractivity contribution in [2.24, 2.45) is 5.92 Å². The first kappa shape index (κ1) is 19.5. The fraction of sp³-hybridized carbons (Fsp3) is 0.588. The fourth-order valence-electron chi connectivity index (χ4n) is 2.22. The molecular formula is C17H28N2O3S. The Morgan fingerprint density at radius 3 is 2.30 bits per heavy atom. The topological polar surface area (TPSA) is 75.3 Å². The van der Waals surface area contributed by atoms with Gasteiger partial charge in [-0.25, -0.2) is 8.42 Å². The zero-order chi connectivity index (χ0) is 17.3. The van der Waals surface area contributed by atoms with Crippen molar-refractivity contribution in [3.63, 3.8) is 0 Å². The number of nitrogens with one attached hydrogen (secondary N) is 2. The van der Waals surface area contributed by atoms with Gasteiger partial charge < -0.3 is 5.32 Å². The van der Waals surface area contributed by atoms with E-state index in [-0.39, 0.29) is 11.7 Å². The van der Waals surface area contributed by atoms with E-state index < -0.39 is 10.0 Å². The Morgan fingerprint density at radius 1 is 1.13 bits per heavy atom. The number of rotatable bonds is 10. The molecule has 0 aliphatic rings. The van der Waals surface area contributed by atoms with Crippen LogP contribution in [0.3, 0.4) is 0 Å². The van der Waals surface area contributed by atoms with Crippen molar-refractivity contribution in [3.05, 3.63) is 29.8 Å². The van der Waals surface area contributed by atoms with E-state index in [9.17, 15) is 13.2 Å². The predicted molar refractivity (Wildman–Crippen MR) is 95.2 cm³/mol. The van der Waals surface area contributed by atoms with E-state index >= 15 is 0 Å². The molecule has 0 aliphatic carbocycles. The van der Waals surface area contributed by atoms with Crippen LogP contribution in [0.4, 0.5) is 5.69 Å². The number of sulfonamides is 1. The Balaban J connectivity index is 2.57. The summed E-state index contributed by atoms with van der Waals surface area (Å²) in [5.41, 5.74) is 1.01. The maximum atomic E-state index is 12.1. The second-order valence-corrected chi connectivity index (χ2v) is 7.72. The molecule has 0 bridgehead atoms. The number of hydrogen-bond acceptors (Lipinski definition) is 3. The molecule has 1 aromatic rings. The first-order chi connectivity index (χ1) is 10.9. The van der Waals surface area contributed by atoms with Crippen LogP contribution in [0.15, 0.2) is 24.3 Å². The summed E-state index contributed by atoms with van der Waals surface area (Å²) >= 11 is 0. The van der Waals surface area contributed by atoms with E-state index in [4.69, 9.17) is 0 Å². The van der Waals surface area contributed by atoms with Crippen LogP contribution in [0.25, 0.3) is 0 Å². The Kier molecular flexibility index (Phi) is 8.09. The molecular weight excluding hydrogens is 312 g/mol. The van der Waals surface area contributed by atoms with Gasteiger partial charge in [0.25, 0.3) is 5.91 Å². The molecule has 0 aromatic heterocycles. The van der Waals surface area contributed by atoms with Gasteiger partial charge in [-0.3, -0.25) is 9.52 Å². The first-order valence-electron chi connectivity index (χ1n) is 8.30. The molecule has 1 aromatic carbocycles. The Labute approximate surface area is 139 Å². The van der Waals surface area contributed by atoms with Gasteiger partial charge in [0.05, 0.1) is 5.75 Å². The summed E-state index contributed by atoms with van der Waals surface area (Å²) in [6.07, 6.45) is 4.53. The van der Waals surface area contributed by atoms with E-state index in [1.54, 1.807) is 31.2 Å². The second-order valence-electron chi connectivity index (χ2n) is 5.71. The summed E-state index contributed by atoms with van der Waals surface area (Å²) in [6, 6.07) is 6.48. The van der Waals surface area contributed by atoms with E-state index in [2.05, 4.69) is 23.9 Å². The van der Waals surface area contributed by atoms with Crippen LogP contribution < -0.4 is 10.0 Å². The third-order valence-corrected chi connectivity index (χ3v) is 5.20. The van der Waals surface area contributed by atoms with E-state index in [1.807, 2.05) is 0 Å². The van der Waals surface area contributed by atoms with Crippen molar-refractivity contribution >= 4 is 21.6 Å². The van der Waals surface area contributed by atoms with Crippen molar-refractivity contribution in [2.75, 3.05) is 17.0 Å². The van der Waals surface area contributed by atoms with Crippen molar-refractivity contribution in [1.29, 1.82) is 0 Å². The Hall–Kier alpha value is -1.56. The summed E-state index contributed by atoms with van der Waals surface area (Å²) < 4.78 is 25.4. The molecule has 1 rings (SSSR count). The molecule has 5 nitrogen and oxygen atoms in total.